The third-order valence-electron chi connectivity index (χ3n) is 4.79. The van der Waals surface area contributed by atoms with E-state index in [0.717, 1.165) is 57.9 Å². The Bertz CT molecular complexity index is 495. The average molecular weight is 318 g/mol. The first-order valence-electron chi connectivity index (χ1n) is 8.59. The van der Waals surface area contributed by atoms with Crippen LogP contribution in [0.25, 0.3) is 0 Å². The SMILES string of the molecule is CCOC(=O)N1CCC(N2CCN(c3ccccn3)CC2)CC1. The second-order valence-corrected chi connectivity index (χ2v) is 6.13. The number of aromatic nitrogens is 1. The molecule has 2 aliphatic heterocycles. The van der Waals surface area contributed by atoms with Crippen LogP contribution in [0.5, 0.6) is 0 Å². The van der Waals surface area contributed by atoms with Crippen LogP contribution in [-0.2, 0) is 4.74 Å². The highest BCUT2D eigenvalue weighted by atomic mass is 16.6. The predicted molar refractivity (Wildman–Crippen MR) is 89.6 cm³/mol. The van der Waals surface area contributed by atoms with Gasteiger partial charge in [0, 0.05) is 51.5 Å². The Morgan fingerprint density at radius 3 is 2.52 bits per heavy atom. The van der Waals surface area contributed by atoms with E-state index in [9.17, 15) is 4.79 Å². The van der Waals surface area contributed by atoms with E-state index in [-0.39, 0.29) is 6.09 Å². The maximum atomic E-state index is 11.8. The number of pyridine rings is 1. The van der Waals surface area contributed by atoms with Gasteiger partial charge in [0.15, 0.2) is 0 Å². The lowest BCUT2D eigenvalue weighted by atomic mass is 10.0. The molecule has 2 fully saturated rings. The maximum Gasteiger partial charge on any atom is 0.409 e. The summed E-state index contributed by atoms with van der Waals surface area (Å²) in [5.41, 5.74) is 0. The van der Waals surface area contributed by atoms with E-state index < -0.39 is 0 Å². The number of rotatable bonds is 3. The molecule has 0 bridgehead atoms. The molecule has 0 radical (unpaired) electrons. The number of anilines is 1. The predicted octanol–water partition coefficient (Wildman–Crippen LogP) is 1.82. The molecule has 1 aromatic heterocycles. The number of ether oxygens (including phenoxy) is 1. The first-order valence-corrected chi connectivity index (χ1v) is 8.59. The topological polar surface area (TPSA) is 48.9 Å². The van der Waals surface area contributed by atoms with E-state index in [4.69, 9.17) is 4.74 Å². The summed E-state index contributed by atoms with van der Waals surface area (Å²) in [6.07, 6.45) is 3.78. The van der Waals surface area contributed by atoms with Crippen molar-refractivity contribution in [2.24, 2.45) is 0 Å². The van der Waals surface area contributed by atoms with Crippen LogP contribution in [0.3, 0.4) is 0 Å². The number of piperidine rings is 1. The molecule has 2 aliphatic rings. The van der Waals surface area contributed by atoms with E-state index >= 15 is 0 Å². The van der Waals surface area contributed by atoms with Gasteiger partial charge < -0.3 is 14.5 Å². The number of hydrogen-bond acceptors (Lipinski definition) is 5. The first kappa shape index (κ1) is 16.1. The fourth-order valence-electron chi connectivity index (χ4n) is 3.49. The van der Waals surface area contributed by atoms with Crippen LogP contribution in [0.1, 0.15) is 19.8 Å². The zero-order valence-corrected chi connectivity index (χ0v) is 13.9. The Hall–Kier alpha value is -1.82. The Kier molecular flexibility index (Phi) is 5.33. The quantitative estimate of drug-likeness (QED) is 0.851. The molecule has 0 spiro atoms. The molecule has 0 saturated carbocycles. The summed E-state index contributed by atoms with van der Waals surface area (Å²) in [5.74, 6) is 1.07. The molecule has 0 atom stereocenters. The maximum absolute atomic E-state index is 11.8. The van der Waals surface area contributed by atoms with Gasteiger partial charge in [-0.15, -0.1) is 0 Å². The lowest BCUT2D eigenvalue weighted by molar-refractivity contribution is 0.0729. The van der Waals surface area contributed by atoms with Crippen molar-refractivity contribution in [3.63, 3.8) is 0 Å². The summed E-state index contributed by atoms with van der Waals surface area (Å²) in [6, 6.07) is 6.66. The summed E-state index contributed by atoms with van der Waals surface area (Å²) in [4.78, 5) is 23.0. The number of amides is 1. The van der Waals surface area contributed by atoms with Gasteiger partial charge in [0.1, 0.15) is 5.82 Å². The zero-order valence-electron chi connectivity index (χ0n) is 13.9. The van der Waals surface area contributed by atoms with Gasteiger partial charge in [0.2, 0.25) is 0 Å². The summed E-state index contributed by atoms with van der Waals surface area (Å²) in [6.45, 7) is 8.11. The van der Waals surface area contributed by atoms with Gasteiger partial charge in [-0.05, 0) is 31.9 Å². The van der Waals surface area contributed by atoms with Crippen LogP contribution >= 0.6 is 0 Å². The van der Waals surface area contributed by atoms with E-state index in [1.54, 1.807) is 0 Å². The summed E-state index contributed by atoms with van der Waals surface area (Å²) < 4.78 is 5.08. The third kappa shape index (κ3) is 3.93. The molecule has 23 heavy (non-hydrogen) atoms. The highest BCUT2D eigenvalue weighted by molar-refractivity contribution is 5.67. The van der Waals surface area contributed by atoms with Gasteiger partial charge >= 0.3 is 6.09 Å². The van der Waals surface area contributed by atoms with Crippen LogP contribution in [0.15, 0.2) is 24.4 Å². The monoisotopic (exact) mass is 318 g/mol. The molecular weight excluding hydrogens is 292 g/mol. The van der Waals surface area contributed by atoms with Gasteiger partial charge in [0.25, 0.3) is 0 Å². The molecular formula is C17H26N4O2. The van der Waals surface area contributed by atoms with Crippen LogP contribution in [0.4, 0.5) is 10.6 Å². The van der Waals surface area contributed by atoms with E-state index in [2.05, 4.69) is 20.9 Å². The van der Waals surface area contributed by atoms with E-state index in [0.29, 0.717) is 12.6 Å². The Morgan fingerprint density at radius 2 is 1.91 bits per heavy atom. The Morgan fingerprint density at radius 1 is 1.17 bits per heavy atom. The zero-order chi connectivity index (χ0) is 16.1. The van der Waals surface area contributed by atoms with Gasteiger partial charge in [-0.25, -0.2) is 9.78 Å². The number of carbonyl (C=O) groups is 1. The van der Waals surface area contributed by atoms with Crippen molar-refractivity contribution in [3.05, 3.63) is 24.4 Å². The number of carbonyl (C=O) groups excluding carboxylic acids is 1. The molecule has 6 nitrogen and oxygen atoms in total. The van der Waals surface area contributed by atoms with Crippen molar-refractivity contribution in [3.8, 4) is 0 Å². The molecule has 3 rings (SSSR count). The summed E-state index contributed by atoms with van der Waals surface area (Å²) in [5, 5.41) is 0. The molecule has 0 N–H and O–H groups in total. The highest BCUT2D eigenvalue weighted by Gasteiger charge is 2.29. The largest absolute Gasteiger partial charge is 0.450 e. The molecule has 6 heteroatoms. The van der Waals surface area contributed by atoms with E-state index in [1.807, 2.05) is 30.2 Å². The average Bonchev–Trinajstić information content (AvgIpc) is 2.63. The second kappa shape index (κ2) is 7.64. The van der Waals surface area contributed by atoms with Crippen molar-refractivity contribution in [2.45, 2.75) is 25.8 Å². The summed E-state index contributed by atoms with van der Waals surface area (Å²) >= 11 is 0. The number of hydrogen-bond donors (Lipinski definition) is 0. The fourth-order valence-corrected chi connectivity index (χ4v) is 3.49. The number of nitrogens with zero attached hydrogens (tertiary/aromatic N) is 4. The highest BCUT2D eigenvalue weighted by Crippen LogP contribution is 2.20. The van der Waals surface area contributed by atoms with Crippen molar-refractivity contribution in [1.82, 2.24) is 14.8 Å². The molecule has 2 saturated heterocycles. The molecule has 126 valence electrons. The molecule has 0 unspecified atom stereocenters. The van der Waals surface area contributed by atoms with Crippen LogP contribution in [-0.4, -0.2) is 72.8 Å². The summed E-state index contributed by atoms with van der Waals surface area (Å²) in [7, 11) is 0. The van der Waals surface area contributed by atoms with Crippen molar-refractivity contribution >= 4 is 11.9 Å². The van der Waals surface area contributed by atoms with Crippen LogP contribution in [0, 0.1) is 0 Å². The van der Waals surface area contributed by atoms with Crippen LogP contribution in [0.2, 0.25) is 0 Å². The Labute approximate surface area is 138 Å². The molecule has 0 aromatic carbocycles. The van der Waals surface area contributed by atoms with Gasteiger partial charge in [0.05, 0.1) is 6.61 Å². The molecule has 1 amide bonds. The van der Waals surface area contributed by atoms with E-state index in [1.165, 1.54) is 0 Å². The fraction of sp³-hybridized carbons (Fsp3) is 0.647. The number of piperazine rings is 1. The molecule has 0 aliphatic carbocycles. The standard InChI is InChI=1S/C17H26N4O2/c1-2-23-17(22)21-9-6-15(7-10-21)19-11-13-20(14-12-19)16-5-3-4-8-18-16/h3-5,8,15H,2,6-7,9-14H2,1H3. The molecule has 1 aromatic rings. The number of likely N-dealkylation sites (tertiary alicyclic amines) is 1. The smallest absolute Gasteiger partial charge is 0.409 e. The normalized spacial score (nSPS) is 20.6. The first-order chi connectivity index (χ1) is 11.3. The lowest BCUT2D eigenvalue weighted by Gasteiger charge is -2.42. The minimum Gasteiger partial charge on any atom is -0.450 e. The van der Waals surface area contributed by atoms with Gasteiger partial charge in [-0.2, -0.15) is 0 Å². The van der Waals surface area contributed by atoms with Gasteiger partial charge in [-0.3, -0.25) is 4.90 Å². The second-order valence-electron chi connectivity index (χ2n) is 6.13. The minimum absolute atomic E-state index is 0.161. The Balaban J connectivity index is 1.45. The van der Waals surface area contributed by atoms with Gasteiger partial charge in [-0.1, -0.05) is 6.07 Å². The van der Waals surface area contributed by atoms with Crippen molar-refractivity contribution < 1.29 is 9.53 Å². The minimum atomic E-state index is -0.161. The molecule has 3 heterocycles. The third-order valence-corrected chi connectivity index (χ3v) is 4.79. The van der Waals surface area contributed by atoms with Crippen LogP contribution < -0.4 is 4.90 Å². The van der Waals surface area contributed by atoms with Crippen molar-refractivity contribution in [2.75, 3.05) is 50.8 Å². The van der Waals surface area contributed by atoms with Crippen molar-refractivity contribution in [1.29, 1.82) is 0 Å². The lowest BCUT2D eigenvalue weighted by Crippen LogP contribution is -2.54.